The molecule has 3 rings (SSSR count). The van der Waals surface area contributed by atoms with Gasteiger partial charge in [0, 0.05) is 18.5 Å². The molecular weight excluding hydrogens is 234 g/mol. The normalized spacial score (nSPS) is 21.9. The van der Waals surface area contributed by atoms with Gasteiger partial charge in [-0.1, -0.05) is 44.2 Å². The van der Waals surface area contributed by atoms with Crippen molar-refractivity contribution in [2.75, 3.05) is 5.73 Å². The van der Waals surface area contributed by atoms with Crippen LogP contribution in [-0.2, 0) is 7.05 Å². The molecule has 1 aromatic heterocycles. The molecule has 1 heterocycles. The first-order valence-corrected chi connectivity index (χ1v) is 6.96. The van der Waals surface area contributed by atoms with Gasteiger partial charge >= 0.3 is 0 Å². The van der Waals surface area contributed by atoms with Crippen LogP contribution in [0.1, 0.15) is 54.8 Å². The van der Waals surface area contributed by atoms with E-state index in [0.717, 1.165) is 5.82 Å². The van der Waals surface area contributed by atoms with Crippen molar-refractivity contribution in [1.82, 2.24) is 9.78 Å². The Kier molecular flexibility index (Phi) is 2.85. The molecule has 1 aromatic carbocycles. The molecule has 0 aliphatic heterocycles. The molecule has 2 aromatic rings. The summed E-state index contributed by atoms with van der Waals surface area (Å²) in [6.07, 6.45) is 1.19. The highest BCUT2D eigenvalue weighted by Crippen LogP contribution is 2.56. The molecule has 0 saturated heterocycles. The molecular formula is C16H21N3. The quantitative estimate of drug-likeness (QED) is 0.913. The average molecular weight is 255 g/mol. The summed E-state index contributed by atoms with van der Waals surface area (Å²) in [6.45, 7) is 4.38. The van der Waals surface area contributed by atoms with Crippen LogP contribution in [0, 0.1) is 0 Å². The van der Waals surface area contributed by atoms with Gasteiger partial charge in [0.1, 0.15) is 5.82 Å². The standard InChI is InChI=1S/C16H21N3/c1-10(2)14-15(18-19(3)16(14)17)13-9-12(13)11-7-5-4-6-8-11/h4-8,10,12-13H,9,17H2,1-3H3. The van der Waals surface area contributed by atoms with E-state index in [0.29, 0.717) is 17.8 Å². The third kappa shape index (κ3) is 2.03. The molecule has 0 bridgehead atoms. The maximum Gasteiger partial charge on any atom is 0.125 e. The van der Waals surface area contributed by atoms with Gasteiger partial charge in [0.15, 0.2) is 0 Å². The summed E-state index contributed by atoms with van der Waals surface area (Å²) < 4.78 is 1.82. The van der Waals surface area contributed by atoms with Gasteiger partial charge in [-0.2, -0.15) is 5.10 Å². The lowest BCUT2D eigenvalue weighted by Gasteiger charge is -2.07. The predicted octanol–water partition coefficient (Wildman–Crippen LogP) is 3.40. The molecule has 3 heteroatoms. The van der Waals surface area contributed by atoms with Crippen molar-refractivity contribution in [3.63, 3.8) is 0 Å². The summed E-state index contributed by atoms with van der Waals surface area (Å²) in [4.78, 5) is 0. The zero-order valence-electron chi connectivity index (χ0n) is 11.8. The first kappa shape index (κ1) is 12.3. The summed E-state index contributed by atoms with van der Waals surface area (Å²) >= 11 is 0. The van der Waals surface area contributed by atoms with Gasteiger partial charge in [-0.3, -0.25) is 4.68 Å². The molecule has 19 heavy (non-hydrogen) atoms. The van der Waals surface area contributed by atoms with Crippen molar-refractivity contribution in [3.8, 4) is 0 Å². The summed E-state index contributed by atoms with van der Waals surface area (Å²) in [5.74, 6) is 2.42. The van der Waals surface area contributed by atoms with Crippen LogP contribution in [0.2, 0.25) is 0 Å². The molecule has 2 unspecified atom stereocenters. The van der Waals surface area contributed by atoms with Gasteiger partial charge in [-0.25, -0.2) is 0 Å². The first-order valence-electron chi connectivity index (χ1n) is 6.96. The lowest BCUT2D eigenvalue weighted by molar-refractivity contribution is 0.748. The van der Waals surface area contributed by atoms with E-state index in [-0.39, 0.29) is 0 Å². The third-order valence-electron chi connectivity index (χ3n) is 4.11. The van der Waals surface area contributed by atoms with Crippen molar-refractivity contribution >= 4 is 5.82 Å². The summed E-state index contributed by atoms with van der Waals surface area (Å²) in [5, 5.41) is 4.66. The van der Waals surface area contributed by atoms with E-state index in [1.165, 1.54) is 23.2 Å². The summed E-state index contributed by atoms with van der Waals surface area (Å²) in [6, 6.07) is 10.7. The number of nitrogens with two attached hydrogens (primary N) is 1. The average Bonchev–Trinajstić information content (AvgIpc) is 3.13. The Bertz CT molecular complexity index is 584. The van der Waals surface area contributed by atoms with E-state index >= 15 is 0 Å². The summed E-state index contributed by atoms with van der Waals surface area (Å²) in [5.41, 5.74) is 10.0. The van der Waals surface area contributed by atoms with Crippen LogP contribution >= 0.6 is 0 Å². The predicted molar refractivity (Wildman–Crippen MR) is 78.3 cm³/mol. The molecule has 1 fully saturated rings. The topological polar surface area (TPSA) is 43.8 Å². The molecule has 100 valence electrons. The minimum Gasteiger partial charge on any atom is -0.384 e. The fourth-order valence-electron chi connectivity index (χ4n) is 3.01. The smallest absolute Gasteiger partial charge is 0.125 e. The second-order valence-electron chi connectivity index (χ2n) is 5.82. The lowest BCUT2D eigenvalue weighted by atomic mass is 9.99. The monoisotopic (exact) mass is 255 g/mol. The minimum atomic E-state index is 0.431. The first-order chi connectivity index (χ1) is 9.09. The number of hydrogen-bond acceptors (Lipinski definition) is 2. The van der Waals surface area contributed by atoms with Crippen LogP contribution in [0.4, 0.5) is 5.82 Å². The van der Waals surface area contributed by atoms with Crippen LogP contribution in [0.25, 0.3) is 0 Å². The van der Waals surface area contributed by atoms with Gasteiger partial charge in [0.05, 0.1) is 5.69 Å². The van der Waals surface area contributed by atoms with Crippen molar-refractivity contribution in [2.24, 2.45) is 7.05 Å². The largest absolute Gasteiger partial charge is 0.384 e. The second kappa shape index (κ2) is 4.41. The molecule has 0 radical (unpaired) electrons. The maximum atomic E-state index is 6.15. The number of rotatable bonds is 3. The zero-order chi connectivity index (χ0) is 13.6. The number of hydrogen-bond donors (Lipinski definition) is 1. The van der Waals surface area contributed by atoms with Crippen LogP contribution in [-0.4, -0.2) is 9.78 Å². The fourth-order valence-corrected chi connectivity index (χ4v) is 3.01. The van der Waals surface area contributed by atoms with E-state index in [4.69, 9.17) is 5.73 Å². The van der Waals surface area contributed by atoms with Gasteiger partial charge in [-0.15, -0.1) is 0 Å². The van der Waals surface area contributed by atoms with Crippen molar-refractivity contribution in [3.05, 3.63) is 47.2 Å². The second-order valence-corrected chi connectivity index (χ2v) is 5.82. The summed E-state index contributed by atoms with van der Waals surface area (Å²) in [7, 11) is 1.94. The van der Waals surface area contributed by atoms with E-state index in [9.17, 15) is 0 Å². The van der Waals surface area contributed by atoms with Crippen molar-refractivity contribution in [1.29, 1.82) is 0 Å². The van der Waals surface area contributed by atoms with E-state index in [1.54, 1.807) is 0 Å². The number of nitrogens with zero attached hydrogens (tertiary/aromatic N) is 2. The number of aryl methyl sites for hydroxylation is 1. The maximum absolute atomic E-state index is 6.15. The van der Waals surface area contributed by atoms with E-state index < -0.39 is 0 Å². The Morgan fingerprint density at radius 3 is 2.53 bits per heavy atom. The Labute approximate surface area is 114 Å². The molecule has 1 aliphatic rings. The van der Waals surface area contributed by atoms with Gasteiger partial charge in [0.2, 0.25) is 0 Å². The molecule has 1 saturated carbocycles. The number of aromatic nitrogens is 2. The van der Waals surface area contributed by atoms with E-state index in [1.807, 2.05) is 11.7 Å². The minimum absolute atomic E-state index is 0.431. The van der Waals surface area contributed by atoms with Crippen LogP contribution in [0.15, 0.2) is 30.3 Å². The van der Waals surface area contributed by atoms with Crippen LogP contribution < -0.4 is 5.73 Å². The van der Waals surface area contributed by atoms with Crippen LogP contribution in [0.5, 0.6) is 0 Å². The number of anilines is 1. The number of nitrogen functional groups attached to an aromatic ring is 1. The Morgan fingerprint density at radius 1 is 1.21 bits per heavy atom. The third-order valence-corrected chi connectivity index (χ3v) is 4.11. The highest BCUT2D eigenvalue weighted by molar-refractivity contribution is 5.49. The molecule has 2 atom stereocenters. The van der Waals surface area contributed by atoms with E-state index in [2.05, 4.69) is 49.3 Å². The number of benzene rings is 1. The van der Waals surface area contributed by atoms with Crippen molar-refractivity contribution < 1.29 is 0 Å². The highest BCUT2D eigenvalue weighted by atomic mass is 15.3. The molecule has 1 aliphatic carbocycles. The van der Waals surface area contributed by atoms with Gasteiger partial charge in [0.25, 0.3) is 0 Å². The molecule has 3 nitrogen and oxygen atoms in total. The lowest BCUT2D eigenvalue weighted by Crippen LogP contribution is -2.00. The van der Waals surface area contributed by atoms with Gasteiger partial charge in [-0.05, 0) is 23.8 Å². The molecule has 0 spiro atoms. The molecule has 2 N–H and O–H groups in total. The fraction of sp³-hybridized carbons (Fsp3) is 0.438. The van der Waals surface area contributed by atoms with Gasteiger partial charge < -0.3 is 5.73 Å². The Morgan fingerprint density at radius 2 is 1.89 bits per heavy atom. The molecule has 0 amide bonds. The van der Waals surface area contributed by atoms with Crippen LogP contribution in [0.3, 0.4) is 0 Å². The SMILES string of the molecule is CC(C)c1c(C2CC2c2ccccc2)nn(C)c1N. The van der Waals surface area contributed by atoms with Crippen molar-refractivity contribution in [2.45, 2.75) is 38.0 Å². The highest BCUT2D eigenvalue weighted by Gasteiger charge is 2.43. The zero-order valence-corrected chi connectivity index (χ0v) is 11.8. The Balaban J connectivity index is 1.92. The Hall–Kier alpha value is -1.77.